The van der Waals surface area contributed by atoms with Crippen molar-refractivity contribution >= 4 is 5.91 Å². The van der Waals surface area contributed by atoms with E-state index in [4.69, 9.17) is 4.74 Å². The van der Waals surface area contributed by atoms with E-state index >= 15 is 0 Å². The minimum atomic E-state index is -2.46. The van der Waals surface area contributed by atoms with E-state index < -0.39 is 13.0 Å². The summed E-state index contributed by atoms with van der Waals surface area (Å²) >= 11 is 0. The molecule has 0 spiro atoms. The number of nitrogens with one attached hydrogen (secondary N) is 1. The third-order valence-corrected chi connectivity index (χ3v) is 3.45. The molecule has 0 aromatic carbocycles. The third kappa shape index (κ3) is 3.35. The molecule has 2 atom stereocenters. The van der Waals surface area contributed by atoms with Crippen molar-refractivity contribution < 1.29 is 18.3 Å². The standard InChI is InChI=1S/C11H18F2N2O2/c12-10(13)7-17-2-1-11(16)15-5-8-3-14-4-9(8)6-15/h8-10,14H,1-7H2/t8-,9+. The van der Waals surface area contributed by atoms with Crippen LogP contribution in [0.1, 0.15) is 6.42 Å². The molecule has 2 rings (SSSR count). The van der Waals surface area contributed by atoms with Crippen LogP contribution in [0.2, 0.25) is 0 Å². The second-order valence-electron chi connectivity index (χ2n) is 4.69. The molecule has 0 unspecified atom stereocenters. The number of rotatable bonds is 5. The number of alkyl halides is 2. The highest BCUT2D eigenvalue weighted by Gasteiger charge is 2.37. The Morgan fingerprint density at radius 3 is 2.59 bits per heavy atom. The van der Waals surface area contributed by atoms with Crippen LogP contribution in [0, 0.1) is 11.8 Å². The molecule has 0 aliphatic carbocycles. The van der Waals surface area contributed by atoms with Crippen molar-refractivity contribution in [2.75, 3.05) is 39.4 Å². The molecule has 2 aliphatic heterocycles. The van der Waals surface area contributed by atoms with Gasteiger partial charge in [-0.1, -0.05) is 0 Å². The zero-order valence-electron chi connectivity index (χ0n) is 9.70. The number of carbonyl (C=O) groups excluding carboxylic acids is 1. The molecule has 4 nitrogen and oxygen atoms in total. The van der Waals surface area contributed by atoms with Gasteiger partial charge in [-0.2, -0.15) is 0 Å². The topological polar surface area (TPSA) is 41.6 Å². The molecule has 98 valence electrons. The van der Waals surface area contributed by atoms with Crippen molar-refractivity contribution in [3.05, 3.63) is 0 Å². The van der Waals surface area contributed by atoms with Gasteiger partial charge >= 0.3 is 0 Å². The molecule has 0 aromatic rings. The van der Waals surface area contributed by atoms with Crippen LogP contribution in [0.25, 0.3) is 0 Å². The number of nitrogens with zero attached hydrogens (tertiary/aromatic N) is 1. The maximum Gasteiger partial charge on any atom is 0.261 e. The lowest BCUT2D eigenvalue weighted by atomic mass is 10.0. The van der Waals surface area contributed by atoms with Gasteiger partial charge in [0.25, 0.3) is 6.43 Å². The van der Waals surface area contributed by atoms with Gasteiger partial charge in [-0.15, -0.1) is 0 Å². The number of carbonyl (C=O) groups is 1. The molecule has 1 N–H and O–H groups in total. The van der Waals surface area contributed by atoms with E-state index in [1.165, 1.54) is 0 Å². The Hall–Kier alpha value is -0.750. The lowest BCUT2D eigenvalue weighted by Gasteiger charge is -2.17. The van der Waals surface area contributed by atoms with Gasteiger partial charge < -0.3 is 15.0 Å². The predicted octanol–water partition coefficient (Wildman–Crippen LogP) is 0.336. The van der Waals surface area contributed by atoms with Gasteiger partial charge in [0, 0.05) is 26.2 Å². The van der Waals surface area contributed by atoms with Crippen LogP contribution in [0.15, 0.2) is 0 Å². The third-order valence-electron chi connectivity index (χ3n) is 3.45. The van der Waals surface area contributed by atoms with E-state index in [2.05, 4.69) is 5.32 Å². The van der Waals surface area contributed by atoms with Crippen molar-refractivity contribution in [1.82, 2.24) is 10.2 Å². The summed E-state index contributed by atoms with van der Waals surface area (Å²) in [6, 6.07) is 0. The van der Waals surface area contributed by atoms with E-state index in [1.807, 2.05) is 4.90 Å². The maximum absolute atomic E-state index is 11.8. The van der Waals surface area contributed by atoms with Crippen LogP contribution < -0.4 is 5.32 Å². The number of hydrogen-bond donors (Lipinski definition) is 1. The molecule has 2 fully saturated rings. The Balaban J connectivity index is 1.64. The number of halogens is 2. The summed E-state index contributed by atoms with van der Waals surface area (Å²) in [6.45, 7) is 3.07. The van der Waals surface area contributed by atoms with Crippen LogP contribution in [-0.2, 0) is 9.53 Å². The largest absolute Gasteiger partial charge is 0.375 e. The average Bonchev–Trinajstić information content (AvgIpc) is 2.83. The summed E-state index contributed by atoms with van der Waals surface area (Å²) in [7, 11) is 0. The van der Waals surface area contributed by atoms with Crippen LogP contribution in [0.4, 0.5) is 8.78 Å². The molecule has 2 heterocycles. The fourth-order valence-electron chi connectivity index (χ4n) is 2.55. The van der Waals surface area contributed by atoms with Crippen LogP contribution in [0.3, 0.4) is 0 Å². The Morgan fingerprint density at radius 2 is 2.00 bits per heavy atom. The molecule has 2 saturated heterocycles. The molecule has 17 heavy (non-hydrogen) atoms. The van der Waals surface area contributed by atoms with Gasteiger partial charge in [-0.3, -0.25) is 4.79 Å². The number of likely N-dealkylation sites (tertiary alicyclic amines) is 1. The molecule has 2 aliphatic rings. The summed E-state index contributed by atoms with van der Waals surface area (Å²) in [6.07, 6.45) is -2.25. The van der Waals surface area contributed by atoms with Crippen molar-refractivity contribution in [2.24, 2.45) is 11.8 Å². The second-order valence-corrected chi connectivity index (χ2v) is 4.69. The number of hydrogen-bond acceptors (Lipinski definition) is 3. The minimum absolute atomic E-state index is 0.0219. The van der Waals surface area contributed by atoms with Gasteiger partial charge in [-0.25, -0.2) is 8.78 Å². The van der Waals surface area contributed by atoms with Crippen molar-refractivity contribution in [3.8, 4) is 0 Å². The molecule has 0 bridgehead atoms. The van der Waals surface area contributed by atoms with E-state index in [0.717, 1.165) is 26.2 Å². The lowest BCUT2D eigenvalue weighted by Crippen LogP contribution is -2.32. The fraction of sp³-hybridized carbons (Fsp3) is 0.909. The first-order valence-corrected chi connectivity index (χ1v) is 6.01. The maximum atomic E-state index is 11.8. The zero-order valence-corrected chi connectivity index (χ0v) is 9.70. The van der Waals surface area contributed by atoms with Gasteiger partial charge in [-0.05, 0) is 11.8 Å². The van der Waals surface area contributed by atoms with Crippen molar-refractivity contribution in [3.63, 3.8) is 0 Å². The van der Waals surface area contributed by atoms with Crippen LogP contribution in [-0.4, -0.2) is 56.6 Å². The Morgan fingerprint density at radius 1 is 1.35 bits per heavy atom. The van der Waals surface area contributed by atoms with E-state index in [0.29, 0.717) is 11.8 Å². The summed E-state index contributed by atoms with van der Waals surface area (Å²) in [5, 5.41) is 3.30. The van der Waals surface area contributed by atoms with Crippen molar-refractivity contribution in [1.29, 1.82) is 0 Å². The Labute approximate surface area is 99.3 Å². The smallest absolute Gasteiger partial charge is 0.261 e. The zero-order chi connectivity index (χ0) is 12.3. The normalized spacial score (nSPS) is 27.8. The molecular formula is C11H18F2N2O2. The lowest BCUT2D eigenvalue weighted by molar-refractivity contribution is -0.132. The molecule has 0 saturated carbocycles. The molecule has 6 heteroatoms. The van der Waals surface area contributed by atoms with Crippen molar-refractivity contribution in [2.45, 2.75) is 12.8 Å². The molecule has 0 aromatic heterocycles. The number of amides is 1. The molecular weight excluding hydrogens is 230 g/mol. The average molecular weight is 248 g/mol. The summed E-state index contributed by atoms with van der Waals surface area (Å²) in [5.41, 5.74) is 0. The minimum Gasteiger partial charge on any atom is -0.375 e. The van der Waals surface area contributed by atoms with Crippen LogP contribution in [0.5, 0.6) is 0 Å². The summed E-state index contributed by atoms with van der Waals surface area (Å²) in [5.74, 6) is 1.16. The highest BCUT2D eigenvalue weighted by Crippen LogP contribution is 2.26. The summed E-state index contributed by atoms with van der Waals surface area (Å²) in [4.78, 5) is 13.6. The second kappa shape index (κ2) is 5.73. The first-order valence-electron chi connectivity index (χ1n) is 6.01. The van der Waals surface area contributed by atoms with Gasteiger partial charge in [0.1, 0.15) is 6.61 Å². The quantitative estimate of drug-likeness (QED) is 0.713. The first-order chi connectivity index (χ1) is 8.16. The highest BCUT2D eigenvalue weighted by molar-refractivity contribution is 5.76. The van der Waals surface area contributed by atoms with E-state index in [-0.39, 0.29) is 18.9 Å². The predicted molar refractivity (Wildman–Crippen MR) is 57.9 cm³/mol. The van der Waals surface area contributed by atoms with Gasteiger partial charge in [0.2, 0.25) is 5.91 Å². The van der Waals surface area contributed by atoms with Gasteiger partial charge in [0.15, 0.2) is 0 Å². The SMILES string of the molecule is O=C(CCOCC(F)F)N1C[C@H]2CNC[C@H]2C1. The fourth-order valence-corrected chi connectivity index (χ4v) is 2.55. The molecule has 1 amide bonds. The van der Waals surface area contributed by atoms with E-state index in [9.17, 15) is 13.6 Å². The molecule has 0 radical (unpaired) electrons. The van der Waals surface area contributed by atoms with Gasteiger partial charge in [0.05, 0.1) is 13.0 Å². The Bertz CT molecular complexity index is 264. The Kier molecular flexibility index (Phi) is 4.28. The van der Waals surface area contributed by atoms with Crippen LogP contribution >= 0.6 is 0 Å². The highest BCUT2D eigenvalue weighted by atomic mass is 19.3. The number of fused-ring (bicyclic) bond motifs is 1. The monoisotopic (exact) mass is 248 g/mol. The number of ether oxygens (including phenoxy) is 1. The summed E-state index contributed by atoms with van der Waals surface area (Å²) < 4.78 is 28.3. The first kappa shape index (κ1) is 12.7. The van der Waals surface area contributed by atoms with E-state index in [1.54, 1.807) is 0 Å².